The largest absolute Gasteiger partial charge is 0.379 e. The second-order valence-electron chi connectivity index (χ2n) is 6.31. The number of ether oxygens (including phenoxy) is 1. The molecule has 2 aromatic carbocycles. The predicted molar refractivity (Wildman–Crippen MR) is 102 cm³/mol. The molecule has 0 saturated carbocycles. The number of carbonyl (C=O) groups excluding carboxylic acids is 1. The molecule has 1 saturated heterocycles. The van der Waals surface area contributed by atoms with Crippen molar-refractivity contribution in [1.82, 2.24) is 4.90 Å². The Morgan fingerprint density at radius 2 is 1.88 bits per heavy atom. The van der Waals surface area contributed by atoms with E-state index in [-0.39, 0.29) is 17.9 Å². The van der Waals surface area contributed by atoms with Crippen LogP contribution in [0.1, 0.15) is 17.0 Å². The molecule has 2 aliphatic heterocycles. The van der Waals surface area contributed by atoms with E-state index in [4.69, 9.17) is 16.3 Å². The van der Waals surface area contributed by atoms with Crippen LogP contribution >= 0.6 is 27.5 Å². The lowest BCUT2D eigenvalue weighted by atomic mass is 9.80. The first kappa shape index (κ1) is 17.0. The third-order valence-corrected chi connectivity index (χ3v) is 5.71. The second kappa shape index (κ2) is 7.08. The Labute approximate surface area is 160 Å². The molecular formula is C19H18BrClN2O2. The van der Waals surface area contributed by atoms with Crippen LogP contribution in [0.2, 0.25) is 5.02 Å². The van der Waals surface area contributed by atoms with E-state index in [2.05, 4.69) is 32.2 Å². The highest BCUT2D eigenvalue weighted by molar-refractivity contribution is 9.10. The molecule has 25 heavy (non-hydrogen) atoms. The van der Waals surface area contributed by atoms with Crippen LogP contribution in [0.4, 0.5) is 5.69 Å². The molecule has 1 N–H and O–H groups in total. The molecule has 2 heterocycles. The van der Waals surface area contributed by atoms with Gasteiger partial charge in [-0.3, -0.25) is 9.69 Å². The van der Waals surface area contributed by atoms with Gasteiger partial charge in [-0.2, -0.15) is 0 Å². The van der Waals surface area contributed by atoms with Crippen LogP contribution in [-0.2, 0) is 9.53 Å². The summed E-state index contributed by atoms with van der Waals surface area (Å²) in [4.78, 5) is 15.2. The van der Waals surface area contributed by atoms with Crippen molar-refractivity contribution < 1.29 is 9.53 Å². The van der Waals surface area contributed by atoms with Gasteiger partial charge < -0.3 is 10.1 Å². The van der Waals surface area contributed by atoms with Crippen molar-refractivity contribution in [3.63, 3.8) is 0 Å². The van der Waals surface area contributed by atoms with Crippen molar-refractivity contribution in [3.8, 4) is 0 Å². The Morgan fingerprint density at radius 3 is 2.64 bits per heavy atom. The van der Waals surface area contributed by atoms with E-state index in [1.807, 2.05) is 36.4 Å². The molecule has 130 valence electrons. The number of morpholine rings is 1. The predicted octanol–water partition coefficient (Wildman–Crippen LogP) is 3.89. The Bertz CT molecular complexity index is 808. The van der Waals surface area contributed by atoms with Crippen molar-refractivity contribution >= 4 is 39.1 Å². The Kier molecular flexibility index (Phi) is 4.82. The number of nitrogens with one attached hydrogen (secondary N) is 1. The van der Waals surface area contributed by atoms with Gasteiger partial charge in [-0.1, -0.05) is 45.7 Å². The second-order valence-corrected chi connectivity index (χ2v) is 7.64. The summed E-state index contributed by atoms with van der Waals surface area (Å²) >= 11 is 10.1. The maximum atomic E-state index is 13.0. The van der Waals surface area contributed by atoms with E-state index in [1.54, 1.807) is 0 Å². The van der Waals surface area contributed by atoms with Gasteiger partial charge in [0.15, 0.2) is 0 Å². The zero-order chi connectivity index (χ0) is 17.4. The third kappa shape index (κ3) is 3.22. The number of carbonyl (C=O) groups is 1. The summed E-state index contributed by atoms with van der Waals surface area (Å²) in [5, 5.41) is 3.75. The number of rotatable bonds is 2. The fourth-order valence-corrected chi connectivity index (χ4v) is 4.36. The van der Waals surface area contributed by atoms with Crippen molar-refractivity contribution in [3.05, 3.63) is 63.1 Å². The van der Waals surface area contributed by atoms with E-state index in [1.165, 1.54) is 0 Å². The van der Waals surface area contributed by atoms with Gasteiger partial charge in [-0.05, 0) is 35.4 Å². The first-order chi connectivity index (χ1) is 12.1. The normalized spacial score (nSPS) is 23.8. The summed E-state index contributed by atoms with van der Waals surface area (Å²) in [6.07, 6.45) is 0. The molecule has 0 radical (unpaired) electrons. The van der Waals surface area contributed by atoms with Gasteiger partial charge in [0.25, 0.3) is 0 Å². The lowest BCUT2D eigenvalue weighted by Crippen LogP contribution is -2.54. The molecular weight excluding hydrogens is 404 g/mol. The maximum absolute atomic E-state index is 13.0. The smallest absolute Gasteiger partial charge is 0.242 e. The summed E-state index contributed by atoms with van der Waals surface area (Å²) in [6, 6.07) is 13.5. The van der Waals surface area contributed by atoms with Gasteiger partial charge in [-0.15, -0.1) is 0 Å². The average molecular weight is 422 g/mol. The minimum atomic E-state index is -0.300. The third-order valence-electron chi connectivity index (χ3n) is 4.87. The van der Waals surface area contributed by atoms with Crippen LogP contribution in [0.25, 0.3) is 0 Å². The number of anilines is 1. The molecule has 0 unspecified atom stereocenters. The van der Waals surface area contributed by atoms with E-state index in [9.17, 15) is 4.79 Å². The van der Waals surface area contributed by atoms with Gasteiger partial charge in [0.1, 0.15) is 6.04 Å². The molecule has 4 rings (SSSR count). The first-order valence-corrected chi connectivity index (χ1v) is 9.49. The molecule has 4 nitrogen and oxygen atoms in total. The Morgan fingerprint density at radius 1 is 1.12 bits per heavy atom. The Hall–Kier alpha value is -1.40. The molecule has 2 aromatic rings. The maximum Gasteiger partial charge on any atom is 0.242 e. The van der Waals surface area contributed by atoms with Crippen LogP contribution in [0.5, 0.6) is 0 Å². The van der Waals surface area contributed by atoms with Crippen molar-refractivity contribution in [2.75, 3.05) is 31.6 Å². The zero-order valence-corrected chi connectivity index (χ0v) is 15.9. The van der Waals surface area contributed by atoms with Crippen LogP contribution in [0.15, 0.2) is 46.9 Å². The van der Waals surface area contributed by atoms with Crippen molar-refractivity contribution in [1.29, 1.82) is 0 Å². The fourth-order valence-electron chi connectivity index (χ4n) is 3.73. The molecule has 0 aromatic heterocycles. The van der Waals surface area contributed by atoms with Gasteiger partial charge in [-0.25, -0.2) is 0 Å². The van der Waals surface area contributed by atoms with E-state index in [0.29, 0.717) is 18.2 Å². The van der Waals surface area contributed by atoms with Crippen LogP contribution in [0.3, 0.4) is 0 Å². The molecule has 0 bridgehead atoms. The number of benzene rings is 2. The number of halogens is 2. The van der Waals surface area contributed by atoms with E-state index in [0.717, 1.165) is 34.4 Å². The number of amides is 1. The molecule has 1 amide bonds. The lowest BCUT2D eigenvalue weighted by molar-refractivity contribution is -0.124. The topological polar surface area (TPSA) is 41.6 Å². The number of fused-ring (bicyclic) bond motifs is 1. The summed E-state index contributed by atoms with van der Waals surface area (Å²) in [5.74, 6) is -0.102. The standard InChI is InChI=1S/C19H18BrClN2O2/c20-12-5-6-16-14(11-12)17(13-3-1-2-4-15(13)21)18(19(24)22-16)23-7-9-25-10-8-23/h1-6,11,17-18H,7-10H2,(H,22,24)/t17-,18+/m1/s1. The average Bonchev–Trinajstić information content (AvgIpc) is 2.62. The summed E-state index contributed by atoms with van der Waals surface area (Å²) in [7, 11) is 0. The Balaban J connectivity index is 1.87. The van der Waals surface area contributed by atoms with Gasteiger partial charge in [0, 0.05) is 34.2 Å². The van der Waals surface area contributed by atoms with Crippen LogP contribution in [0, 0.1) is 0 Å². The van der Waals surface area contributed by atoms with Gasteiger partial charge in [0.05, 0.1) is 13.2 Å². The highest BCUT2D eigenvalue weighted by Crippen LogP contribution is 2.42. The molecule has 0 aliphatic carbocycles. The quantitative estimate of drug-likeness (QED) is 0.800. The molecule has 2 atom stereocenters. The summed E-state index contributed by atoms with van der Waals surface area (Å²) in [5.41, 5.74) is 2.91. The lowest BCUT2D eigenvalue weighted by Gasteiger charge is -2.41. The van der Waals surface area contributed by atoms with Gasteiger partial charge in [0.2, 0.25) is 5.91 Å². The molecule has 2 aliphatic rings. The van der Waals surface area contributed by atoms with Gasteiger partial charge >= 0.3 is 0 Å². The van der Waals surface area contributed by atoms with Crippen molar-refractivity contribution in [2.45, 2.75) is 12.0 Å². The minimum Gasteiger partial charge on any atom is -0.379 e. The van der Waals surface area contributed by atoms with Crippen LogP contribution < -0.4 is 5.32 Å². The van der Waals surface area contributed by atoms with E-state index < -0.39 is 0 Å². The fraction of sp³-hybridized carbons (Fsp3) is 0.316. The minimum absolute atomic E-state index is 0.0154. The molecule has 6 heteroatoms. The highest BCUT2D eigenvalue weighted by atomic mass is 79.9. The summed E-state index contributed by atoms with van der Waals surface area (Å²) in [6.45, 7) is 2.76. The van der Waals surface area contributed by atoms with Crippen molar-refractivity contribution in [2.24, 2.45) is 0 Å². The number of hydrogen-bond acceptors (Lipinski definition) is 3. The highest BCUT2D eigenvalue weighted by Gasteiger charge is 2.41. The van der Waals surface area contributed by atoms with E-state index >= 15 is 0 Å². The number of nitrogens with zero attached hydrogens (tertiary/aromatic N) is 1. The van der Waals surface area contributed by atoms with Crippen LogP contribution in [-0.4, -0.2) is 43.2 Å². The SMILES string of the molecule is O=C1Nc2ccc(Br)cc2[C@@H](c2ccccc2Cl)[C@@H]1N1CCOCC1. The monoisotopic (exact) mass is 420 g/mol. The summed E-state index contributed by atoms with van der Waals surface area (Å²) < 4.78 is 6.46. The number of hydrogen-bond donors (Lipinski definition) is 1. The first-order valence-electron chi connectivity index (χ1n) is 8.31. The zero-order valence-electron chi connectivity index (χ0n) is 13.5. The molecule has 0 spiro atoms. The molecule has 1 fully saturated rings.